The number of carboxylic acid groups (broad SMARTS) is 1. The molecule has 6 heteroatoms. The van der Waals surface area contributed by atoms with E-state index in [4.69, 9.17) is 5.11 Å². The van der Waals surface area contributed by atoms with Crippen molar-refractivity contribution in [1.82, 2.24) is 9.78 Å². The summed E-state index contributed by atoms with van der Waals surface area (Å²) in [7, 11) is 0. The van der Waals surface area contributed by atoms with Crippen molar-refractivity contribution in [3.05, 3.63) is 47.3 Å². The number of ketones is 1. The smallest absolute Gasteiger partial charge is 0.339 e. The number of Topliss-reactive ketones (excluding diaryl/α,β-unsaturated/α-hetero) is 1. The molecule has 0 radical (unpaired) electrons. The van der Waals surface area contributed by atoms with E-state index in [0.717, 1.165) is 0 Å². The number of aromatic nitrogens is 2. The molecule has 0 aliphatic rings. The van der Waals surface area contributed by atoms with E-state index in [2.05, 4.69) is 5.10 Å². The number of aromatic hydroxyl groups is 1. The summed E-state index contributed by atoms with van der Waals surface area (Å²) < 4.78 is 1.55. The van der Waals surface area contributed by atoms with Gasteiger partial charge in [0.15, 0.2) is 5.78 Å². The fourth-order valence-electron chi connectivity index (χ4n) is 1.68. The minimum atomic E-state index is -1.18. The van der Waals surface area contributed by atoms with Crippen LogP contribution in [0.5, 0.6) is 5.75 Å². The fourth-order valence-corrected chi connectivity index (χ4v) is 1.68. The first-order valence-corrected chi connectivity index (χ1v) is 5.56. The maximum atomic E-state index is 11.1. The van der Waals surface area contributed by atoms with E-state index in [9.17, 15) is 14.7 Å². The molecule has 1 heterocycles. The van der Waals surface area contributed by atoms with Crippen LogP contribution in [0.4, 0.5) is 0 Å². The Morgan fingerprint density at radius 3 is 2.63 bits per heavy atom. The van der Waals surface area contributed by atoms with E-state index >= 15 is 0 Å². The Hall–Kier alpha value is -2.63. The standard InChI is InChI=1S/C13H12N2O4/c1-8(16)10-5-14-15(7-10)6-9-2-3-11(13(18)19)12(17)4-9/h2-5,7,17H,6H2,1H3,(H,18,19). The van der Waals surface area contributed by atoms with Gasteiger partial charge in [-0.1, -0.05) is 6.07 Å². The van der Waals surface area contributed by atoms with Crippen LogP contribution in [-0.4, -0.2) is 31.7 Å². The number of phenols is 1. The van der Waals surface area contributed by atoms with Crippen molar-refractivity contribution in [2.45, 2.75) is 13.5 Å². The summed E-state index contributed by atoms with van der Waals surface area (Å²) in [6, 6.07) is 4.30. The van der Waals surface area contributed by atoms with Gasteiger partial charge < -0.3 is 10.2 Å². The van der Waals surface area contributed by atoms with Crippen LogP contribution in [0.2, 0.25) is 0 Å². The van der Waals surface area contributed by atoms with Crippen molar-refractivity contribution in [1.29, 1.82) is 0 Å². The summed E-state index contributed by atoms with van der Waals surface area (Å²) in [5, 5.41) is 22.4. The predicted molar refractivity (Wildman–Crippen MR) is 66.4 cm³/mol. The molecule has 0 bridgehead atoms. The zero-order chi connectivity index (χ0) is 14.0. The summed E-state index contributed by atoms with van der Waals surface area (Å²) >= 11 is 0. The molecule has 0 fully saturated rings. The van der Waals surface area contributed by atoms with Gasteiger partial charge in [-0.05, 0) is 24.6 Å². The molecule has 0 unspecified atom stereocenters. The van der Waals surface area contributed by atoms with Crippen LogP contribution in [-0.2, 0) is 6.54 Å². The highest BCUT2D eigenvalue weighted by molar-refractivity contribution is 5.93. The van der Waals surface area contributed by atoms with Crippen molar-refractivity contribution < 1.29 is 19.8 Å². The second-order valence-corrected chi connectivity index (χ2v) is 4.14. The molecule has 0 aliphatic heterocycles. The average Bonchev–Trinajstić information content (AvgIpc) is 2.77. The Morgan fingerprint density at radius 2 is 2.11 bits per heavy atom. The van der Waals surface area contributed by atoms with Crippen LogP contribution in [0.3, 0.4) is 0 Å². The summed E-state index contributed by atoms with van der Waals surface area (Å²) in [5.41, 5.74) is 1.06. The number of hydrogen-bond donors (Lipinski definition) is 2. The van der Waals surface area contributed by atoms with E-state index in [0.29, 0.717) is 17.7 Å². The van der Waals surface area contributed by atoms with Crippen LogP contribution < -0.4 is 0 Å². The summed E-state index contributed by atoms with van der Waals surface area (Å²) in [6.45, 7) is 1.80. The molecule has 2 aromatic rings. The predicted octanol–water partition coefficient (Wildman–Crippen LogP) is 1.54. The van der Waals surface area contributed by atoms with Crippen molar-refractivity contribution in [3.63, 3.8) is 0 Å². The van der Waals surface area contributed by atoms with Gasteiger partial charge in [0.2, 0.25) is 0 Å². The molecule has 2 N–H and O–H groups in total. The SMILES string of the molecule is CC(=O)c1cnn(Cc2ccc(C(=O)O)c(O)c2)c1. The molecule has 0 spiro atoms. The Kier molecular flexibility index (Phi) is 3.33. The highest BCUT2D eigenvalue weighted by atomic mass is 16.4. The van der Waals surface area contributed by atoms with E-state index in [-0.39, 0.29) is 17.1 Å². The minimum Gasteiger partial charge on any atom is -0.507 e. The quantitative estimate of drug-likeness (QED) is 0.813. The first-order chi connectivity index (χ1) is 8.97. The van der Waals surface area contributed by atoms with E-state index < -0.39 is 5.97 Å². The van der Waals surface area contributed by atoms with Crippen LogP contribution >= 0.6 is 0 Å². The Labute approximate surface area is 108 Å². The average molecular weight is 260 g/mol. The first kappa shape index (κ1) is 12.8. The number of hydrogen-bond acceptors (Lipinski definition) is 4. The molecule has 0 saturated heterocycles. The number of carbonyl (C=O) groups is 2. The van der Waals surface area contributed by atoms with Gasteiger partial charge in [-0.3, -0.25) is 9.48 Å². The molecule has 98 valence electrons. The molecule has 19 heavy (non-hydrogen) atoms. The molecule has 0 saturated carbocycles. The molecular formula is C13H12N2O4. The Bertz CT molecular complexity index is 646. The third-order valence-corrected chi connectivity index (χ3v) is 2.68. The fraction of sp³-hybridized carbons (Fsp3) is 0.154. The largest absolute Gasteiger partial charge is 0.507 e. The van der Waals surface area contributed by atoms with Gasteiger partial charge in [-0.15, -0.1) is 0 Å². The third kappa shape index (κ3) is 2.79. The van der Waals surface area contributed by atoms with E-state index in [1.165, 1.54) is 25.3 Å². The van der Waals surface area contributed by atoms with Gasteiger partial charge in [0.05, 0.1) is 18.3 Å². The second kappa shape index (κ2) is 4.93. The zero-order valence-electron chi connectivity index (χ0n) is 10.2. The molecular weight excluding hydrogens is 248 g/mol. The monoisotopic (exact) mass is 260 g/mol. The molecule has 1 aromatic heterocycles. The zero-order valence-corrected chi connectivity index (χ0v) is 10.2. The van der Waals surface area contributed by atoms with Gasteiger partial charge in [-0.25, -0.2) is 4.79 Å². The number of carboxylic acids is 1. The lowest BCUT2D eigenvalue weighted by Crippen LogP contribution is -2.02. The second-order valence-electron chi connectivity index (χ2n) is 4.14. The van der Waals surface area contributed by atoms with Crippen molar-refractivity contribution >= 4 is 11.8 Å². The maximum Gasteiger partial charge on any atom is 0.339 e. The number of nitrogens with zero attached hydrogens (tertiary/aromatic N) is 2. The van der Waals surface area contributed by atoms with Crippen LogP contribution in [0.15, 0.2) is 30.6 Å². The topological polar surface area (TPSA) is 92.4 Å². The van der Waals surface area contributed by atoms with Gasteiger partial charge in [0, 0.05) is 6.20 Å². The molecule has 1 aromatic carbocycles. The highest BCUT2D eigenvalue weighted by Gasteiger charge is 2.10. The molecule has 0 amide bonds. The third-order valence-electron chi connectivity index (χ3n) is 2.68. The number of benzene rings is 1. The van der Waals surface area contributed by atoms with Gasteiger partial charge >= 0.3 is 5.97 Å². The van der Waals surface area contributed by atoms with Gasteiger partial charge in [0.25, 0.3) is 0 Å². The van der Waals surface area contributed by atoms with Crippen LogP contribution in [0.1, 0.15) is 33.2 Å². The van der Waals surface area contributed by atoms with Gasteiger partial charge in [0.1, 0.15) is 11.3 Å². The first-order valence-electron chi connectivity index (χ1n) is 5.56. The van der Waals surface area contributed by atoms with Crippen molar-refractivity contribution in [2.75, 3.05) is 0 Å². The van der Waals surface area contributed by atoms with E-state index in [1.54, 1.807) is 16.9 Å². The van der Waals surface area contributed by atoms with Crippen molar-refractivity contribution in [3.8, 4) is 5.75 Å². The summed E-state index contributed by atoms with van der Waals surface area (Å²) in [5.74, 6) is -1.54. The molecule has 0 atom stereocenters. The molecule has 2 rings (SSSR count). The normalized spacial score (nSPS) is 10.4. The Balaban J connectivity index is 2.21. The summed E-state index contributed by atoms with van der Waals surface area (Å²) in [4.78, 5) is 21.9. The minimum absolute atomic E-state index is 0.0738. The lowest BCUT2D eigenvalue weighted by atomic mass is 10.1. The van der Waals surface area contributed by atoms with E-state index in [1.807, 2.05) is 0 Å². The number of aromatic carboxylic acids is 1. The van der Waals surface area contributed by atoms with Gasteiger partial charge in [-0.2, -0.15) is 5.10 Å². The number of rotatable bonds is 4. The Morgan fingerprint density at radius 1 is 1.37 bits per heavy atom. The lowest BCUT2D eigenvalue weighted by Gasteiger charge is -2.04. The number of carbonyl (C=O) groups excluding carboxylic acids is 1. The van der Waals surface area contributed by atoms with Crippen LogP contribution in [0.25, 0.3) is 0 Å². The molecule has 6 nitrogen and oxygen atoms in total. The van der Waals surface area contributed by atoms with Crippen LogP contribution in [0, 0.1) is 0 Å². The lowest BCUT2D eigenvalue weighted by molar-refractivity contribution is 0.0693. The maximum absolute atomic E-state index is 11.1. The molecule has 0 aliphatic carbocycles. The highest BCUT2D eigenvalue weighted by Crippen LogP contribution is 2.19. The van der Waals surface area contributed by atoms with Crippen molar-refractivity contribution in [2.24, 2.45) is 0 Å². The summed E-state index contributed by atoms with van der Waals surface area (Å²) in [6.07, 6.45) is 3.07.